The molecule has 1 heterocycles. The summed E-state index contributed by atoms with van der Waals surface area (Å²) in [4.78, 5) is 51.7. The van der Waals surface area contributed by atoms with E-state index >= 15 is 0 Å². The lowest BCUT2D eigenvalue weighted by molar-refractivity contribution is 0.0623. The highest BCUT2D eigenvalue weighted by molar-refractivity contribution is 6.21. The number of carbonyl (C=O) groups is 4. The summed E-state index contributed by atoms with van der Waals surface area (Å²) in [5, 5.41) is 18.3. The molecule has 0 unspecified atom stereocenters. The Bertz CT molecular complexity index is 1780. The number of rotatable bonds is 12. The van der Waals surface area contributed by atoms with Crippen LogP contribution in [0.1, 0.15) is 66.4 Å². The summed E-state index contributed by atoms with van der Waals surface area (Å²) < 4.78 is 12.0. The molecule has 4 aromatic rings. The number of aliphatic hydroxyl groups excluding tert-OH is 2. The largest absolute Gasteiger partial charge is 0.457 e. The van der Waals surface area contributed by atoms with E-state index in [1.165, 1.54) is 17.0 Å². The van der Waals surface area contributed by atoms with Crippen LogP contribution in [0, 0.1) is 0 Å². The lowest BCUT2D eigenvalue weighted by Gasteiger charge is -2.26. The Morgan fingerprint density at radius 3 is 1.83 bits per heavy atom. The van der Waals surface area contributed by atoms with Crippen molar-refractivity contribution in [2.24, 2.45) is 0 Å². The number of hydrogen-bond donors (Lipinski definition) is 2. The molecule has 0 saturated heterocycles. The van der Waals surface area contributed by atoms with Gasteiger partial charge in [-0.05, 0) is 71.8 Å². The molecule has 5 rings (SSSR count). The summed E-state index contributed by atoms with van der Waals surface area (Å²) in [7, 11) is 1.55. The molecule has 46 heavy (non-hydrogen) atoms. The molecule has 0 bridgehead atoms. The van der Waals surface area contributed by atoms with Crippen molar-refractivity contribution in [3.8, 4) is 23.0 Å². The van der Waals surface area contributed by atoms with Crippen molar-refractivity contribution in [2.75, 3.05) is 33.4 Å². The molecule has 3 amide bonds. The summed E-state index contributed by atoms with van der Waals surface area (Å²) in [6.07, 6.45) is 0.617. The van der Waals surface area contributed by atoms with Crippen molar-refractivity contribution in [2.45, 2.75) is 19.3 Å². The minimum absolute atomic E-state index is 0.0560. The van der Waals surface area contributed by atoms with E-state index in [1.807, 2.05) is 48.5 Å². The fourth-order valence-corrected chi connectivity index (χ4v) is 5.30. The highest BCUT2D eigenvalue weighted by Gasteiger charge is 2.35. The number of hydrogen-bond acceptors (Lipinski definition) is 8. The van der Waals surface area contributed by atoms with Gasteiger partial charge in [-0.25, -0.2) is 0 Å². The predicted molar refractivity (Wildman–Crippen MR) is 170 cm³/mol. The molecular weight excluding hydrogens is 588 g/mol. The minimum Gasteiger partial charge on any atom is -0.457 e. The first-order valence-electron chi connectivity index (χ1n) is 14.7. The first-order chi connectivity index (χ1) is 22.1. The third kappa shape index (κ3) is 6.39. The van der Waals surface area contributed by atoms with E-state index in [0.717, 1.165) is 16.0 Å². The van der Waals surface area contributed by atoms with Crippen LogP contribution in [-0.4, -0.2) is 77.4 Å². The SMILES string of the molecule is CN(CCO)C(=O)c1cc(Oc2ccc(C(C)(C)c3ccc(Oc4ccc5c(c4)C(=O)N(CCO)C5=O)cc3)cc2)ccc1C=O. The van der Waals surface area contributed by atoms with Crippen LogP contribution in [-0.2, 0) is 5.41 Å². The van der Waals surface area contributed by atoms with Crippen LogP contribution in [0.2, 0.25) is 0 Å². The number of aliphatic hydroxyl groups is 2. The molecule has 0 fully saturated rings. The van der Waals surface area contributed by atoms with Crippen LogP contribution in [0.25, 0.3) is 0 Å². The molecule has 2 N–H and O–H groups in total. The Kier molecular flexibility index (Phi) is 9.31. The number of ether oxygens (including phenoxy) is 2. The minimum atomic E-state index is -0.453. The van der Waals surface area contributed by atoms with Crippen molar-refractivity contribution in [1.29, 1.82) is 0 Å². The van der Waals surface area contributed by atoms with Gasteiger partial charge in [0.1, 0.15) is 23.0 Å². The Morgan fingerprint density at radius 2 is 1.28 bits per heavy atom. The molecule has 0 saturated carbocycles. The fourth-order valence-electron chi connectivity index (χ4n) is 5.30. The number of β-amino-alcohol motifs (C(OH)–C–C–N with tert-alkyl or cyclic N) is 1. The number of imide groups is 1. The number of fused-ring (bicyclic) bond motifs is 1. The van der Waals surface area contributed by atoms with Crippen molar-refractivity contribution in [3.63, 3.8) is 0 Å². The fraction of sp³-hybridized carbons (Fsp3) is 0.222. The van der Waals surface area contributed by atoms with E-state index in [1.54, 1.807) is 31.3 Å². The molecule has 10 heteroatoms. The highest BCUT2D eigenvalue weighted by atomic mass is 16.5. The third-order valence-corrected chi connectivity index (χ3v) is 8.05. The Labute approximate surface area is 266 Å². The maximum atomic E-state index is 12.8. The van der Waals surface area contributed by atoms with Gasteiger partial charge in [-0.2, -0.15) is 0 Å². The quantitative estimate of drug-likeness (QED) is 0.165. The van der Waals surface area contributed by atoms with Gasteiger partial charge in [-0.3, -0.25) is 24.1 Å². The van der Waals surface area contributed by atoms with Gasteiger partial charge in [0, 0.05) is 24.6 Å². The molecule has 10 nitrogen and oxygen atoms in total. The smallest absolute Gasteiger partial charge is 0.261 e. The summed E-state index contributed by atoms with van der Waals surface area (Å²) in [5.74, 6) is 0.666. The maximum Gasteiger partial charge on any atom is 0.261 e. The molecule has 0 radical (unpaired) electrons. The molecule has 1 aliphatic heterocycles. The second-order valence-corrected chi connectivity index (χ2v) is 11.4. The van der Waals surface area contributed by atoms with Crippen molar-refractivity contribution >= 4 is 24.0 Å². The number of likely N-dealkylation sites (N-methyl/N-ethyl adjacent to an activating group) is 1. The number of benzene rings is 4. The summed E-state index contributed by atoms with van der Waals surface area (Å²) in [6, 6.07) is 24.6. The van der Waals surface area contributed by atoms with Crippen LogP contribution in [0.4, 0.5) is 0 Å². The van der Waals surface area contributed by atoms with Gasteiger partial charge in [-0.15, -0.1) is 0 Å². The van der Waals surface area contributed by atoms with Gasteiger partial charge >= 0.3 is 0 Å². The standard InChI is InChI=1S/C36H34N2O8/c1-36(2,24-5-10-26(11-6-24)45-28-9-4-23(22-41)31(20-28)33(42)37(3)16-18-39)25-7-12-27(13-8-25)46-29-14-15-30-32(21-29)35(44)38(17-19-40)34(30)43/h4-15,20-22,39-40H,16-19H2,1-3H3. The number of nitrogens with zero attached hydrogens (tertiary/aromatic N) is 2. The van der Waals surface area contributed by atoms with E-state index in [4.69, 9.17) is 14.6 Å². The zero-order valence-corrected chi connectivity index (χ0v) is 25.7. The molecule has 0 spiro atoms. The van der Waals surface area contributed by atoms with Crippen LogP contribution >= 0.6 is 0 Å². The summed E-state index contributed by atoms with van der Waals surface area (Å²) in [6.45, 7) is 3.78. The van der Waals surface area contributed by atoms with Gasteiger partial charge in [-0.1, -0.05) is 38.1 Å². The predicted octanol–water partition coefficient (Wildman–Crippen LogP) is 5.06. The van der Waals surface area contributed by atoms with Gasteiger partial charge < -0.3 is 24.6 Å². The summed E-state index contributed by atoms with van der Waals surface area (Å²) in [5.41, 5.74) is 2.65. The maximum absolute atomic E-state index is 12.8. The molecule has 4 aromatic carbocycles. The number of carbonyl (C=O) groups excluding carboxylic acids is 4. The normalized spacial score (nSPS) is 12.6. The van der Waals surface area contributed by atoms with Crippen molar-refractivity contribution < 1.29 is 38.9 Å². The Morgan fingerprint density at radius 1 is 0.761 bits per heavy atom. The average molecular weight is 623 g/mol. The number of amides is 3. The molecule has 1 aliphatic rings. The van der Waals surface area contributed by atoms with E-state index in [-0.39, 0.29) is 59.9 Å². The van der Waals surface area contributed by atoms with E-state index in [9.17, 15) is 24.3 Å². The Hall–Kier alpha value is -5.32. The lowest BCUT2D eigenvalue weighted by atomic mass is 9.78. The zero-order valence-electron chi connectivity index (χ0n) is 25.7. The molecule has 0 atom stereocenters. The second kappa shape index (κ2) is 13.4. The van der Waals surface area contributed by atoms with Gasteiger partial charge in [0.15, 0.2) is 6.29 Å². The zero-order chi connectivity index (χ0) is 33.0. The van der Waals surface area contributed by atoms with E-state index in [2.05, 4.69) is 13.8 Å². The molecule has 0 aromatic heterocycles. The first-order valence-corrected chi connectivity index (χ1v) is 14.7. The topological polar surface area (TPSA) is 134 Å². The van der Waals surface area contributed by atoms with Crippen LogP contribution in [0.5, 0.6) is 23.0 Å². The average Bonchev–Trinajstić information content (AvgIpc) is 3.29. The van der Waals surface area contributed by atoms with Crippen LogP contribution < -0.4 is 9.47 Å². The second-order valence-electron chi connectivity index (χ2n) is 11.4. The Balaban J connectivity index is 1.27. The summed E-state index contributed by atoms with van der Waals surface area (Å²) >= 11 is 0. The van der Waals surface area contributed by atoms with Gasteiger partial charge in [0.05, 0.1) is 36.4 Å². The highest BCUT2D eigenvalue weighted by Crippen LogP contribution is 2.35. The van der Waals surface area contributed by atoms with Crippen LogP contribution in [0.3, 0.4) is 0 Å². The monoisotopic (exact) mass is 622 g/mol. The van der Waals surface area contributed by atoms with Crippen LogP contribution in [0.15, 0.2) is 84.9 Å². The molecule has 0 aliphatic carbocycles. The number of aldehydes is 1. The molecular formula is C36H34N2O8. The molecule has 236 valence electrons. The third-order valence-electron chi connectivity index (χ3n) is 8.05. The van der Waals surface area contributed by atoms with Crippen molar-refractivity contribution in [1.82, 2.24) is 9.80 Å². The van der Waals surface area contributed by atoms with Gasteiger partial charge in [0.25, 0.3) is 17.7 Å². The lowest BCUT2D eigenvalue weighted by Crippen LogP contribution is -2.32. The first kappa shape index (κ1) is 32.1. The van der Waals surface area contributed by atoms with E-state index < -0.39 is 11.8 Å². The van der Waals surface area contributed by atoms with Crippen molar-refractivity contribution in [3.05, 3.63) is 118 Å². The van der Waals surface area contributed by atoms with E-state index in [0.29, 0.717) is 29.3 Å². The van der Waals surface area contributed by atoms with Gasteiger partial charge in [0.2, 0.25) is 0 Å².